The fourth-order valence-electron chi connectivity index (χ4n) is 3.17. The van der Waals surface area contributed by atoms with Crippen molar-refractivity contribution in [2.45, 2.75) is 0 Å². The molecule has 5 aromatic heterocycles. The Morgan fingerprint density at radius 1 is 0.429 bits per heavy atom. The summed E-state index contributed by atoms with van der Waals surface area (Å²) >= 11 is 0. The molecule has 0 amide bonds. The Kier molecular flexibility index (Phi) is 4.03. The fourth-order valence-corrected chi connectivity index (χ4v) is 3.17. The Morgan fingerprint density at radius 2 is 0.857 bits per heavy atom. The summed E-state index contributed by atoms with van der Waals surface area (Å²) in [7, 11) is 0. The van der Waals surface area contributed by atoms with Gasteiger partial charge in [0.15, 0.2) is 0 Å². The van der Waals surface area contributed by atoms with Crippen LogP contribution < -0.4 is 0 Å². The highest BCUT2D eigenvalue weighted by atomic mass is 14.9. The molecule has 0 unspecified atom stereocenters. The van der Waals surface area contributed by atoms with Crippen molar-refractivity contribution in [1.29, 1.82) is 0 Å². The lowest BCUT2D eigenvalue weighted by atomic mass is 10.2. The molecule has 0 spiro atoms. The average molecular weight is 363 g/mol. The third-order valence-corrected chi connectivity index (χ3v) is 4.55. The molecule has 0 saturated heterocycles. The van der Waals surface area contributed by atoms with Gasteiger partial charge in [-0.25, -0.2) is 4.98 Å². The van der Waals surface area contributed by atoms with E-state index >= 15 is 0 Å². The van der Waals surface area contributed by atoms with E-state index < -0.39 is 0 Å². The van der Waals surface area contributed by atoms with Crippen LogP contribution in [0, 0.1) is 0 Å². The van der Waals surface area contributed by atoms with E-state index in [1.54, 1.807) is 12.4 Å². The molecule has 0 aliphatic rings. The number of hydrogen-bond donors (Lipinski definition) is 2. The topological polar surface area (TPSA) is 70.2 Å². The van der Waals surface area contributed by atoms with E-state index in [1.165, 1.54) is 0 Å². The molecule has 0 aliphatic heterocycles. The summed E-state index contributed by atoms with van der Waals surface area (Å²) in [5.74, 6) is 0. The van der Waals surface area contributed by atoms with Crippen molar-refractivity contribution in [3.63, 3.8) is 0 Å². The lowest BCUT2D eigenvalue weighted by molar-refractivity contribution is 1.23. The van der Waals surface area contributed by atoms with Crippen LogP contribution in [0.5, 0.6) is 0 Å². The standard InChI is InChI=1S/C23H17N5/c1-3-14-24-16(6-1)20-10-12-22(27-20)18-8-5-9-19(26-18)23-13-11-21(28-23)17-7-2-4-15-25-17/h1-15,27-28H. The van der Waals surface area contributed by atoms with Crippen LogP contribution in [0.25, 0.3) is 45.6 Å². The van der Waals surface area contributed by atoms with Crippen LogP contribution in [-0.2, 0) is 0 Å². The van der Waals surface area contributed by atoms with Crippen molar-refractivity contribution < 1.29 is 0 Å². The highest BCUT2D eigenvalue weighted by Gasteiger charge is 2.09. The van der Waals surface area contributed by atoms with Gasteiger partial charge in [-0.15, -0.1) is 0 Å². The van der Waals surface area contributed by atoms with Gasteiger partial charge in [0.25, 0.3) is 0 Å². The number of nitrogens with one attached hydrogen (secondary N) is 2. The highest BCUT2D eigenvalue weighted by molar-refractivity contribution is 5.68. The van der Waals surface area contributed by atoms with Gasteiger partial charge in [-0.05, 0) is 60.7 Å². The normalized spacial score (nSPS) is 10.9. The Bertz CT molecular complexity index is 1110. The van der Waals surface area contributed by atoms with Gasteiger partial charge in [0, 0.05) is 12.4 Å². The molecule has 5 heteroatoms. The van der Waals surface area contributed by atoms with Gasteiger partial charge in [-0.3, -0.25) is 9.97 Å². The van der Waals surface area contributed by atoms with Crippen molar-refractivity contribution >= 4 is 0 Å². The maximum absolute atomic E-state index is 4.82. The Balaban J connectivity index is 1.46. The summed E-state index contributed by atoms with van der Waals surface area (Å²) in [6, 6.07) is 25.9. The zero-order valence-corrected chi connectivity index (χ0v) is 15.0. The van der Waals surface area contributed by atoms with Crippen LogP contribution in [0.3, 0.4) is 0 Å². The molecule has 0 fully saturated rings. The second-order valence-electron chi connectivity index (χ2n) is 6.41. The summed E-state index contributed by atoms with van der Waals surface area (Å²) in [6.07, 6.45) is 3.58. The lowest BCUT2D eigenvalue weighted by Gasteiger charge is -2.03. The quantitative estimate of drug-likeness (QED) is 0.461. The summed E-state index contributed by atoms with van der Waals surface area (Å²) in [5, 5.41) is 0. The number of hydrogen-bond acceptors (Lipinski definition) is 3. The molecule has 0 radical (unpaired) electrons. The Morgan fingerprint density at radius 3 is 1.29 bits per heavy atom. The molecule has 5 heterocycles. The second kappa shape index (κ2) is 6.96. The molecule has 5 rings (SSSR count). The maximum atomic E-state index is 4.82. The Labute approximate surface area is 162 Å². The van der Waals surface area contributed by atoms with Crippen LogP contribution in [0.1, 0.15) is 0 Å². The minimum absolute atomic E-state index is 0.883. The van der Waals surface area contributed by atoms with E-state index in [0.717, 1.165) is 45.6 Å². The summed E-state index contributed by atoms with van der Waals surface area (Å²) in [4.78, 5) is 20.4. The third-order valence-electron chi connectivity index (χ3n) is 4.55. The smallest absolute Gasteiger partial charge is 0.0872 e. The van der Waals surface area contributed by atoms with E-state index in [1.807, 2.05) is 78.9 Å². The molecule has 0 bridgehead atoms. The molecule has 134 valence electrons. The van der Waals surface area contributed by atoms with Crippen molar-refractivity contribution in [2.24, 2.45) is 0 Å². The Hall–Kier alpha value is -3.99. The number of pyridine rings is 3. The van der Waals surface area contributed by atoms with Crippen molar-refractivity contribution in [3.05, 3.63) is 91.3 Å². The zero-order valence-electron chi connectivity index (χ0n) is 15.0. The van der Waals surface area contributed by atoms with Crippen LogP contribution in [-0.4, -0.2) is 24.9 Å². The van der Waals surface area contributed by atoms with Crippen LogP contribution in [0.15, 0.2) is 91.3 Å². The van der Waals surface area contributed by atoms with E-state index in [0.29, 0.717) is 0 Å². The molecule has 0 aliphatic carbocycles. The predicted octanol–water partition coefficient (Wildman–Crippen LogP) is 5.20. The molecule has 5 aromatic rings. The highest BCUT2D eigenvalue weighted by Crippen LogP contribution is 2.26. The van der Waals surface area contributed by atoms with Crippen molar-refractivity contribution in [1.82, 2.24) is 24.9 Å². The van der Waals surface area contributed by atoms with Gasteiger partial charge < -0.3 is 9.97 Å². The monoisotopic (exact) mass is 363 g/mol. The molecule has 0 atom stereocenters. The van der Waals surface area contributed by atoms with Crippen molar-refractivity contribution in [3.8, 4) is 45.6 Å². The number of nitrogens with zero attached hydrogens (tertiary/aromatic N) is 3. The number of H-pyrrole nitrogens is 2. The molecular formula is C23H17N5. The maximum Gasteiger partial charge on any atom is 0.0872 e. The second-order valence-corrected chi connectivity index (χ2v) is 6.41. The first kappa shape index (κ1) is 16.2. The van der Waals surface area contributed by atoms with E-state index in [-0.39, 0.29) is 0 Å². The van der Waals surface area contributed by atoms with E-state index in [4.69, 9.17) is 4.98 Å². The van der Waals surface area contributed by atoms with E-state index in [9.17, 15) is 0 Å². The van der Waals surface area contributed by atoms with Crippen LogP contribution in [0.2, 0.25) is 0 Å². The SMILES string of the molecule is c1ccc(-c2ccc(-c3cccc(-c4ccc(-c5ccccn5)[nH]4)n3)[nH]2)nc1. The third kappa shape index (κ3) is 3.10. The number of rotatable bonds is 4. The summed E-state index contributed by atoms with van der Waals surface area (Å²) in [5.41, 5.74) is 7.45. The van der Waals surface area contributed by atoms with Crippen LogP contribution in [0.4, 0.5) is 0 Å². The van der Waals surface area contributed by atoms with Gasteiger partial charge >= 0.3 is 0 Å². The molecule has 2 N–H and O–H groups in total. The first-order chi connectivity index (χ1) is 13.9. The minimum Gasteiger partial charge on any atom is -0.352 e. The number of aromatic amines is 2. The summed E-state index contributed by atoms with van der Waals surface area (Å²) < 4.78 is 0. The first-order valence-corrected chi connectivity index (χ1v) is 9.05. The fraction of sp³-hybridized carbons (Fsp3) is 0. The first-order valence-electron chi connectivity index (χ1n) is 9.05. The molecule has 5 nitrogen and oxygen atoms in total. The average Bonchev–Trinajstić information content (AvgIpc) is 3.46. The van der Waals surface area contributed by atoms with Gasteiger partial charge in [-0.1, -0.05) is 18.2 Å². The summed E-state index contributed by atoms with van der Waals surface area (Å²) in [6.45, 7) is 0. The molecular weight excluding hydrogens is 346 g/mol. The van der Waals surface area contributed by atoms with E-state index in [2.05, 4.69) is 19.9 Å². The number of aromatic nitrogens is 5. The lowest BCUT2D eigenvalue weighted by Crippen LogP contribution is -1.89. The largest absolute Gasteiger partial charge is 0.352 e. The van der Waals surface area contributed by atoms with Crippen LogP contribution >= 0.6 is 0 Å². The minimum atomic E-state index is 0.883. The van der Waals surface area contributed by atoms with Gasteiger partial charge in [0.1, 0.15) is 0 Å². The molecule has 0 saturated carbocycles. The van der Waals surface area contributed by atoms with Gasteiger partial charge in [-0.2, -0.15) is 0 Å². The predicted molar refractivity (Wildman–Crippen MR) is 110 cm³/mol. The van der Waals surface area contributed by atoms with Gasteiger partial charge in [0.2, 0.25) is 0 Å². The molecule has 28 heavy (non-hydrogen) atoms. The van der Waals surface area contributed by atoms with Crippen molar-refractivity contribution in [2.75, 3.05) is 0 Å². The molecule has 0 aromatic carbocycles. The van der Waals surface area contributed by atoms with Gasteiger partial charge in [0.05, 0.1) is 45.6 Å². The zero-order chi connectivity index (χ0) is 18.8.